The van der Waals surface area contributed by atoms with E-state index in [-0.39, 0.29) is 0 Å². The van der Waals surface area contributed by atoms with Gasteiger partial charge in [-0.15, -0.1) is 0 Å². The molecular formula is C19H27NO. The van der Waals surface area contributed by atoms with E-state index in [4.69, 9.17) is 4.74 Å². The molecule has 2 rings (SSSR count). The van der Waals surface area contributed by atoms with Crippen LogP contribution in [0.15, 0.2) is 42.2 Å². The second-order valence-electron chi connectivity index (χ2n) is 6.31. The lowest BCUT2D eigenvalue weighted by Gasteiger charge is -2.21. The van der Waals surface area contributed by atoms with Gasteiger partial charge in [0.05, 0.1) is 6.61 Å². The highest BCUT2D eigenvalue weighted by Crippen LogP contribution is 2.19. The molecule has 1 aliphatic heterocycles. The standard InChI is InChI=1S/C19H27NO/c1-15(2)11-20(13-18-9-10-21-14-18)12-17(4)19-7-5-16(3)6-8-19/h5-8,11-12,18H,9-10,13-14H2,1-4H3/b17-12+. The van der Waals surface area contributed by atoms with E-state index in [0.717, 1.165) is 19.8 Å². The zero-order valence-corrected chi connectivity index (χ0v) is 13.7. The number of allylic oxidation sites excluding steroid dienone is 2. The van der Waals surface area contributed by atoms with Gasteiger partial charge in [0, 0.05) is 31.5 Å². The third-order valence-corrected chi connectivity index (χ3v) is 3.78. The van der Waals surface area contributed by atoms with E-state index in [2.05, 4.69) is 69.3 Å². The summed E-state index contributed by atoms with van der Waals surface area (Å²) in [4.78, 5) is 2.32. The molecule has 0 bridgehead atoms. The fourth-order valence-electron chi connectivity index (χ4n) is 2.64. The Bertz CT molecular complexity index is 503. The van der Waals surface area contributed by atoms with Crippen molar-refractivity contribution < 1.29 is 4.74 Å². The van der Waals surface area contributed by atoms with Gasteiger partial charge in [-0.1, -0.05) is 35.4 Å². The molecule has 1 heterocycles. The summed E-state index contributed by atoms with van der Waals surface area (Å²) in [5.74, 6) is 0.641. The highest BCUT2D eigenvalue weighted by atomic mass is 16.5. The predicted molar refractivity (Wildman–Crippen MR) is 89.9 cm³/mol. The molecule has 1 aromatic carbocycles. The molecule has 1 aromatic rings. The Kier molecular flexibility index (Phi) is 5.63. The van der Waals surface area contributed by atoms with Crippen molar-refractivity contribution >= 4 is 5.57 Å². The normalized spacial score (nSPS) is 18.7. The van der Waals surface area contributed by atoms with Gasteiger partial charge in [-0.2, -0.15) is 0 Å². The molecule has 0 N–H and O–H groups in total. The van der Waals surface area contributed by atoms with Crippen LogP contribution in [0, 0.1) is 12.8 Å². The Hall–Kier alpha value is -1.54. The molecule has 1 fully saturated rings. The van der Waals surface area contributed by atoms with Gasteiger partial charge in [-0.25, -0.2) is 0 Å². The van der Waals surface area contributed by atoms with Crippen LogP contribution in [0.4, 0.5) is 0 Å². The summed E-state index contributed by atoms with van der Waals surface area (Å²) in [7, 11) is 0. The summed E-state index contributed by atoms with van der Waals surface area (Å²) >= 11 is 0. The summed E-state index contributed by atoms with van der Waals surface area (Å²) in [5, 5.41) is 0. The fourth-order valence-corrected chi connectivity index (χ4v) is 2.64. The van der Waals surface area contributed by atoms with Crippen LogP contribution in [0.2, 0.25) is 0 Å². The molecule has 2 nitrogen and oxygen atoms in total. The van der Waals surface area contributed by atoms with Gasteiger partial charge in [0.25, 0.3) is 0 Å². The summed E-state index contributed by atoms with van der Waals surface area (Å²) in [5.41, 5.74) is 5.21. The van der Waals surface area contributed by atoms with Crippen LogP contribution in [0.25, 0.3) is 5.57 Å². The first kappa shape index (κ1) is 15.8. The minimum absolute atomic E-state index is 0.641. The number of nitrogens with zero attached hydrogens (tertiary/aromatic N) is 1. The van der Waals surface area contributed by atoms with Crippen molar-refractivity contribution in [2.24, 2.45) is 5.92 Å². The molecule has 114 valence electrons. The summed E-state index contributed by atoms with van der Waals surface area (Å²) in [6.07, 6.45) is 5.66. The van der Waals surface area contributed by atoms with E-state index in [1.54, 1.807) is 0 Å². The molecular weight excluding hydrogens is 258 g/mol. The Morgan fingerprint density at radius 1 is 1.19 bits per heavy atom. The number of ether oxygens (including phenoxy) is 1. The highest BCUT2D eigenvalue weighted by Gasteiger charge is 2.17. The highest BCUT2D eigenvalue weighted by molar-refractivity contribution is 5.63. The topological polar surface area (TPSA) is 12.5 Å². The van der Waals surface area contributed by atoms with Crippen LogP contribution in [0.5, 0.6) is 0 Å². The van der Waals surface area contributed by atoms with E-state index in [9.17, 15) is 0 Å². The minimum atomic E-state index is 0.641. The van der Waals surface area contributed by atoms with E-state index in [1.165, 1.54) is 28.7 Å². The maximum absolute atomic E-state index is 5.50. The van der Waals surface area contributed by atoms with Gasteiger partial charge in [0.1, 0.15) is 0 Å². The molecule has 21 heavy (non-hydrogen) atoms. The second-order valence-corrected chi connectivity index (χ2v) is 6.31. The van der Waals surface area contributed by atoms with Gasteiger partial charge >= 0.3 is 0 Å². The van der Waals surface area contributed by atoms with Crippen LogP contribution < -0.4 is 0 Å². The third kappa shape index (κ3) is 5.05. The molecule has 0 aromatic heterocycles. The van der Waals surface area contributed by atoms with Gasteiger partial charge < -0.3 is 9.64 Å². The van der Waals surface area contributed by atoms with Crippen molar-refractivity contribution in [2.75, 3.05) is 19.8 Å². The van der Waals surface area contributed by atoms with E-state index in [1.807, 2.05) is 0 Å². The Balaban J connectivity index is 2.13. The Labute approximate surface area is 129 Å². The minimum Gasteiger partial charge on any atom is -0.381 e. The molecule has 1 atom stereocenters. The number of rotatable bonds is 5. The van der Waals surface area contributed by atoms with Crippen LogP contribution in [-0.2, 0) is 4.74 Å². The maximum Gasteiger partial charge on any atom is 0.0512 e. The summed E-state index contributed by atoms with van der Waals surface area (Å²) in [6, 6.07) is 8.73. The SMILES string of the molecule is CC(C)=CN(/C=C(\C)c1ccc(C)cc1)CC1CCOC1. The van der Waals surface area contributed by atoms with Gasteiger partial charge in [-0.05, 0) is 45.3 Å². The average Bonchev–Trinajstić information content (AvgIpc) is 2.91. The second kappa shape index (κ2) is 7.46. The first-order chi connectivity index (χ1) is 10.0. The zero-order chi connectivity index (χ0) is 15.2. The van der Waals surface area contributed by atoms with Crippen LogP contribution >= 0.6 is 0 Å². The van der Waals surface area contributed by atoms with Crippen LogP contribution in [-0.4, -0.2) is 24.7 Å². The molecule has 1 unspecified atom stereocenters. The largest absolute Gasteiger partial charge is 0.381 e. The van der Waals surface area contributed by atoms with Crippen molar-refractivity contribution in [1.29, 1.82) is 0 Å². The first-order valence-electron chi connectivity index (χ1n) is 7.78. The molecule has 0 saturated carbocycles. The Morgan fingerprint density at radius 2 is 1.90 bits per heavy atom. The van der Waals surface area contributed by atoms with Crippen molar-refractivity contribution in [3.8, 4) is 0 Å². The molecule has 2 heteroatoms. The maximum atomic E-state index is 5.50. The van der Waals surface area contributed by atoms with Crippen molar-refractivity contribution in [3.63, 3.8) is 0 Å². The molecule has 1 saturated heterocycles. The number of hydrogen-bond acceptors (Lipinski definition) is 2. The van der Waals surface area contributed by atoms with Crippen molar-refractivity contribution in [1.82, 2.24) is 4.90 Å². The molecule has 1 aliphatic rings. The quantitative estimate of drug-likeness (QED) is 0.783. The lowest BCUT2D eigenvalue weighted by atomic mass is 10.1. The monoisotopic (exact) mass is 285 g/mol. The van der Waals surface area contributed by atoms with Crippen LogP contribution in [0.3, 0.4) is 0 Å². The first-order valence-corrected chi connectivity index (χ1v) is 7.78. The van der Waals surface area contributed by atoms with Gasteiger partial charge in [0.15, 0.2) is 0 Å². The smallest absolute Gasteiger partial charge is 0.0512 e. The van der Waals surface area contributed by atoms with E-state index >= 15 is 0 Å². The Morgan fingerprint density at radius 3 is 2.48 bits per heavy atom. The molecule has 0 amide bonds. The lowest BCUT2D eigenvalue weighted by Crippen LogP contribution is -2.21. The van der Waals surface area contributed by atoms with Gasteiger partial charge in [-0.3, -0.25) is 0 Å². The number of benzene rings is 1. The number of aryl methyl sites for hydroxylation is 1. The van der Waals surface area contributed by atoms with Crippen LogP contribution in [0.1, 0.15) is 38.3 Å². The van der Waals surface area contributed by atoms with E-state index in [0.29, 0.717) is 5.92 Å². The predicted octanol–water partition coefficient (Wildman–Crippen LogP) is 4.62. The molecule has 0 spiro atoms. The average molecular weight is 285 g/mol. The van der Waals surface area contributed by atoms with Crippen molar-refractivity contribution in [3.05, 3.63) is 53.4 Å². The fraction of sp³-hybridized carbons (Fsp3) is 0.474. The van der Waals surface area contributed by atoms with Crippen molar-refractivity contribution in [2.45, 2.75) is 34.1 Å². The zero-order valence-electron chi connectivity index (χ0n) is 13.7. The van der Waals surface area contributed by atoms with E-state index < -0.39 is 0 Å². The van der Waals surface area contributed by atoms with Gasteiger partial charge in [0.2, 0.25) is 0 Å². The summed E-state index contributed by atoms with van der Waals surface area (Å²) < 4.78 is 5.50. The molecule has 0 radical (unpaired) electrons. The number of hydrogen-bond donors (Lipinski definition) is 0. The lowest BCUT2D eigenvalue weighted by molar-refractivity contribution is 0.181. The third-order valence-electron chi connectivity index (χ3n) is 3.78. The summed E-state index contributed by atoms with van der Waals surface area (Å²) in [6.45, 7) is 11.4. The molecule has 0 aliphatic carbocycles.